The third kappa shape index (κ3) is 5.68. The molecule has 2 heterocycles. The van der Waals surface area contributed by atoms with Crippen LogP contribution in [-0.4, -0.2) is 66.4 Å². The Morgan fingerprint density at radius 1 is 1.07 bits per heavy atom. The zero-order chi connectivity index (χ0) is 20.8. The molecule has 1 aromatic carbocycles. The maximum atomic E-state index is 12.3. The van der Waals surface area contributed by atoms with Crippen molar-refractivity contribution in [2.24, 2.45) is 0 Å². The smallest absolute Gasteiger partial charge is 0.338 e. The standard InChI is InChI=1S/C21H25N3O5/c1-15(2)29-21(27)16-5-7-17(8-6-16)22-19(25)14-23-9-11-24(12-10-23)20(26)18-4-3-13-28-18/h3-8,13,15H,9-12,14H2,1-2H3,(H,22,25). The number of piperazine rings is 1. The fourth-order valence-corrected chi connectivity index (χ4v) is 3.04. The lowest BCUT2D eigenvalue weighted by Crippen LogP contribution is -2.50. The predicted molar refractivity (Wildman–Crippen MR) is 107 cm³/mol. The van der Waals surface area contributed by atoms with Crippen LogP contribution in [0.5, 0.6) is 0 Å². The molecule has 1 N–H and O–H groups in total. The third-order valence-corrected chi connectivity index (χ3v) is 4.51. The fourth-order valence-electron chi connectivity index (χ4n) is 3.04. The molecule has 1 aliphatic rings. The Kier molecular flexibility index (Phi) is 6.66. The van der Waals surface area contributed by atoms with Gasteiger partial charge < -0.3 is 19.4 Å². The molecule has 0 bridgehead atoms. The summed E-state index contributed by atoms with van der Waals surface area (Å²) in [6.45, 7) is 6.12. The van der Waals surface area contributed by atoms with E-state index in [9.17, 15) is 14.4 Å². The third-order valence-electron chi connectivity index (χ3n) is 4.51. The van der Waals surface area contributed by atoms with Gasteiger partial charge in [-0.2, -0.15) is 0 Å². The van der Waals surface area contributed by atoms with Crippen molar-refractivity contribution in [2.75, 3.05) is 38.0 Å². The summed E-state index contributed by atoms with van der Waals surface area (Å²) in [5.41, 5.74) is 1.05. The van der Waals surface area contributed by atoms with Gasteiger partial charge in [-0.1, -0.05) is 0 Å². The molecule has 154 valence electrons. The summed E-state index contributed by atoms with van der Waals surface area (Å²) >= 11 is 0. The number of anilines is 1. The monoisotopic (exact) mass is 399 g/mol. The Morgan fingerprint density at radius 3 is 2.34 bits per heavy atom. The van der Waals surface area contributed by atoms with Gasteiger partial charge in [0.15, 0.2) is 5.76 Å². The van der Waals surface area contributed by atoms with Gasteiger partial charge in [0.25, 0.3) is 5.91 Å². The predicted octanol–water partition coefficient (Wildman–Crippen LogP) is 2.24. The molecule has 1 fully saturated rings. The first-order valence-corrected chi connectivity index (χ1v) is 9.58. The summed E-state index contributed by atoms with van der Waals surface area (Å²) in [4.78, 5) is 40.1. The molecule has 0 atom stereocenters. The van der Waals surface area contributed by atoms with Gasteiger partial charge in [0.2, 0.25) is 5.91 Å². The highest BCUT2D eigenvalue weighted by molar-refractivity contribution is 5.94. The Balaban J connectivity index is 1.44. The number of furan rings is 1. The van der Waals surface area contributed by atoms with Crippen molar-refractivity contribution in [3.8, 4) is 0 Å². The molecule has 1 saturated heterocycles. The number of esters is 1. The van der Waals surface area contributed by atoms with Crippen molar-refractivity contribution in [1.29, 1.82) is 0 Å². The number of amides is 2. The quantitative estimate of drug-likeness (QED) is 0.749. The number of nitrogens with one attached hydrogen (secondary N) is 1. The van der Waals surface area contributed by atoms with Crippen LogP contribution in [0.1, 0.15) is 34.8 Å². The van der Waals surface area contributed by atoms with Crippen molar-refractivity contribution in [3.63, 3.8) is 0 Å². The molecule has 1 aromatic heterocycles. The van der Waals surface area contributed by atoms with Crippen LogP contribution in [0.2, 0.25) is 0 Å². The summed E-state index contributed by atoms with van der Waals surface area (Å²) in [5.74, 6) is -0.333. The van der Waals surface area contributed by atoms with Gasteiger partial charge in [-0.15, -0.1) is 0 Å². The molecule has 8 heteroatoms. The topological polar surface area (TPSA) is 92.1 Å². The van der Waals surface area contributed by atoms with Crippen LogP contribution in [0.15, 0.2) is 47.1 Å². The summed E-state index contributed by atoms with van der Waals surface area (Å²) < 4.78 is 10.3. The number of ether oxygens (including phenoxy) is 1. The maximum absolute atomic E-state index is 12.3. The molecular weight excluding hydrogens is 374 g/mol. The van der Waals surface area contributed by atoms with Crippen molar-refractivity contribution in [1.82, 2.24) is 9.80 Å². The van der Waals surface area contributed by atoms with Crippen LogP contribution < -0.4 is 5.32 Å². The van der Waals surface area contributed by atoms with E-state index >= 15 is 0 Å². The van der Waals surface area contributed by atoms with Crippen LogP contribution in [0, 0.1) is 0 Å². The van der Waals surface area contributed by atoms with Crippen LogP contribution in [0.4, 0.5) is 5.69 Å². The molecule has 0 spiro atoms. The second kappa shape index (κ2) is 9.38. The van der Waals surface area contributed by atoms with Crippen molar-refractivity contribution >= 4 is 23.5 Å². The number of carbonyl (C=O) groups is 3. The summed E-state index contributed by atoms with van der Waals surface area (Å²) in [6, 6.07) is 9.94. The summed E-state index contributed by atoms with van der Waals surface area (Å²) in [6.07, 6.45) is 1.30. The van der Waals surface area contributed by atoms with E-state index in [1.807, 2.05) is 4.90 Å². The highest BCUT2D eigenvalue weighted by atomic mass is 16.5. The highest BCUT2D eigenvalue weighted by Gasteiger charge is 2.24. The van der Waals surface area contributed by atoms with E-state index in [0.717, 1.165) is 0 Å². The average Bonchev–Trinajstić information content (AvgIpc) is 3.23. The van der Waals surface area contributed by atoms with Gasteiger partial charge in [-0.25, -0.2) is 4.79 Å². The van der Waals surface area contributed by atoms with Gasteiger partial charge in [0.05, 0.1) is 24.5 Å². The average molecular weight is 399 g/mol. The van der Waals surface area contributed by atoms with Crippen molar-refractivity contribution < 1.29 is 23.5 Å². The number of hydrogen-bond acceptors (Lipinski definition) is 6. The zero-order valence-electron chi connectivity index (χ0n) is 16.6. The lowest BCUT2D eigenvalue weighted by molar-refractivity contribution is -0.117. The first kappa shape index (κ1) is 20.6. The Morgan fingerprint density at radius 2 is 1.76 bits per heavy atom. The second-order valence-corrected chi connectivity index (χ2v) is 7.13. The van der Waals surface area contributed by atoms with Gasteiger partial charge in [0.1, 0.15) is 0 Å². The minimum absolute atomic E-state index is 0.129. The maximum Gasteiger partial charge on any atom is 0.338 e. The van der Waals surface area contributed by atoms with Crippen LogP contribution in [0.25, 0.3) is 0 Å². The molecule has 2 amide bonds. The first-order valence-electron chi connectivity index (χ1n) is 9.58. The molecule has 8 nitrogen and oxygen atoms in total. The Hall–Kier alpha value is -3.13. The van der Waals surface area contributed by atoms with Crippen molar-refractivity contribution in [3.05, 3.63) is 54.0 Å². The normalized spacial score (nSPS) is 14.7. The zero-order valence-corrected chi connectivity index (χ0v) is 16.6. The fraction of sp³-hybridized carbons (Fsp3) is 0.381. The van der Waals surface area contributed by atoms with Gasteiger partial charge in [-0.3, -0.25) is 14.5 Å². The molecule has 0 aliphatic carbocycles. The summed E-state index contributed by atoms with van der Waals surface area (Å²) in [5, 5.41) is 2.82. The molecule has 2 aromatic rings. The molecule has 1 aliphatic heterocycles. The number of nitrogens with zero attached hydrogens (tertiary/aromatic N) is 2. The molecule has 29 heavy (non-hydrogen) atoms. The summed E-state index contributed by atoms with van der Waals surface area (Å²) in [7, 11) is 0. The van der Waals surface area contributed by atoms with E-state index in [0.29, 0.717) is 43.2 Å². The first-order chi connectivity index (χ1) is 13.9. The van der Waals surface area contributed by atoms with E-state index in [1.165, 1.54) is 6.26 Å². The van der Waals surface area contributed by atoms with E-state index in [1.54, 1.807) is 55.1 Å². The molecule has 3 rings (SSSR count). The Labute approximate surface area is 169 Å². The van der Waals surface area contributed by atoms with E-state index in [2.05, 4.69) is 5.32 Å². The minimum Gasteiger partial charge on any atom is -0.459 e. The van der Waals surface area contributed by atoms with Gasteiger partial charge in [0, 0.05) is 31.9 Å². The molecular formula is C21H25N3O5. The second-order valence-electron chi connectivity index (χ2n) is 7.13. The number of carbonyl (C=O) groups excluding carboxylic acids is 3. The minimum atomic E-state index is -0.389. The lowest BCUT2D eigenvalue weighted by Gasteiger charge is -2.33. The number of rotatable bonds is 6. The number of hydrogen-bond donors (Lipinski definition) is 1. The van der Waals surface area contributed by atoms with Gasteiger partial charge in [-0.05, 0) is 50.2 Å². The highest BCUT2D eigenvalue weighted by Crippen LogP contribution is 2.13. The van der Waals surface area contributed by atoms with E-state index in [-0.39, 0.29) is 30.4 Å². The Bertz CT molecular complexity index is 838. The molecule has 0 radical (unpaired) electrons. The van der Waals surface area contributed by atoms with Crippen molar-refractivity contribution in [2.45, 2.75) is 20.0 Å². The SMILES string of the molecule is CC(C)OC(=O)c1ccc(NC(=O)CN2CCN(C(=O)c3ccco3)CC2)cc1. The largest absolute Gasteiger partial charge is 0.459 e. The van der Waals surface area contributed by atoms with Gasteiger partial charge >= 0.3 is 5.97 Å². The van der Waals surface area contributed by atoms with E-state index < -0.39 is 0 Å². The number of benzene rings is 1. The van der Waals surface area contributed by atoms with Crippen LogP contribution in [-0.2, 0) is 9.53 Å². The van der Waals surface area contributed by atoms with Crippen LogP contribution >= 0.6 is 0 Å². The lowest BCUT2D eigenvalue weighted by atomic mass is 10.2. The molecule has 0 saturated carbocycles. The van der Waals surface area contributed by atoms with E-state index in [4.69, 9.17) is 9.15 Å². The van der Waals surface area contributed by atoms with Crippen LogP contribution in [0.3, 0.4) is 0 Å². The molecule has 0 unspecified atom stereocenters.